The maximum Gasteiger partial charge on any atom is 0.320 e. The molecule has 0 amide bonds. The molecular formula is C15H12I3NNaO4. The van der Waals surface area contributed by atoms with Gasteiger partial charge in [-0.05, 0) is 110 Å². The molecule has 1 unspecified atom stereocenters. The van der Waals surface area contributed by atoms with E-state index in [1.165, 1.54) is 0 Å². The second kappa shape index (κ2) is 10.1. The molecule has 5 nitrogen and oxygen atoms in total. The molecule has 0 aliphatic carbocycles. The van der Waals surface area contributed by atoms with Crippen molar-refractivity contribution in [1.29, 1.82) is 0 Å². The van der Waals surface area contributed by atoms with Crippen LogP contribution in [-0.4, -0.2) is 51.8 Å². The van der Waals surface area contributed by atoms with Crippen LogP contribution in [-0.2, 0) is 11.2 Å². The van der Waals surface area contributed by atoms with Gasteiger partial charge in [-0.3, -0.25) is 4.79 Å². The first-order valence-corrected chi connectivity index (χ1v) is 9.64. The van der Waals surface area contributed by atoms with Crippen LogP contribution in [0.1, 0.15) is 5.56 Å². The summed E-state index contributed by atoms with van der Waals surface area (Å²) < 4.78 is 8.34. The Morgan fingerprint density at radius 2 is 1.71 bits per heavy atom. The number of carboxylic acids is 1. The van der Waals surface area contributed by atoms with Crippen molar-refractivity contribution in [3.63, 3.8) is 0 Å². The van der Waals surface area contributed by atoms with E-state index in [2.05, 4.69) is 45.2 Å². The van der Waals surface area contributed by atoms with Crippen molar-refractivity contribution in [3.8, 4) is 17.2 Å². The van der Waals surface area contributed by atoms with Crippen LogP contribution in [0, 0.1) is 10.7 Å². The van der Waals surface area contributed by atoms with Crippen LogP contribution in [0.25, 0.3) is 0 Å². The average molecular weight is 674 g/mol. The van der Waals surface area contributed by atoms with E-state index in [1.54, 1.807) is 18.2 Å². The Morgan fingerprint density at radius 1 is 1.12 bits per heavy atom. The summed E-state index contributed by atoms with van der Waals surface area (Å²) in [6, 6.07) is 7.83. The summed E-state index contributed by atoms with van der Waals surface area (Å²) in [4.78, 5) is 10.9. The molecule has 0 heterocycles. The van der Waals surface area contributed by atoms with Gasteiger partial charge in [-0.1, -0.05) is 0 Å². The number of phenols is 1. The van der Waals surface area contributed by atoms with Gasteiger partial charge in [0, 0.05) is 29.6 Å². The number of ether oxygens (including phenoxy) is 1. The normalized spacial score (nSPS) is 11.5. The SMILES string of the molecule is NC(Cc1cc(I)c(Oc2ccc(O)c(I)c2)c(I)c1)C(=O)O.[Na]. The first kappa shape index (κ1) is 22.7. The molecule has 1 atom stereocenters. The molecular weight excluding hydrogens is 662 g/mol. The molecule has 24 heavy (non-hydrogen) atoms. The Hall–Kier alpha value is 0.660. The first-order chi connectivity index (χ1) is 10.8. The molecule has 2 rings (SSSR count). The minimum absolute atomic E-state index is 0. The Bertz CT molecular complexity index is 734. The van der Waals surface area contributed by atoms with Crippen LogP contribution in [0.3, 0.4) is 0 Å². The molecule has 0 aromatic heterocycles. The van der Waals surface area contributed by atoms with Crippen molar-refractivity contribution >= 4 is 103 Å². The Kier molecular flexibility index (Phi) is 9.57. The smallest absolute Gasteiger partial charge is 0.320 e. The fraction of sp³-hybridized carbons (Fsp3) is 0.133. The van der Waals surface area contributed by atoms with Gasteiger partial charge in [-0.2, -0.15) is 0 Å². The number of hydrogen-bond acceptors (Lipinski definition) is 4. The van der Waals surface area contributed by atoms with Gasteiger partial charge in [-0.15, -0.1) is 0 Å². The number of aliphatic carboxylic acids is 1. The van der Waals surface area contributed by atoms with Crippen molar-refractivity contribution in [2.24, 2.45) is 5.73 Å². The molecule has 0 bridgehead atoms. The Morgan fingerprint density at radius 3 is 2.21 bits per heavy atom. The zero-order chi connectivity index (χ0) is 17.1. The summed E-state index contributed by atoms with van der Waals surface area (Å²) >= 11 is 6.33. The summed E-state index contributed by atoms with van der Waals surface area (Å²) in [5.41, 5.74) is 6.43. The van der Waals surface area contributed by atoms with Gasteiger partial charge >= 0.3 is 5.97 Å². The monoisotopic (exact) mass is 674 g/mol. The van der Waals surface area contributed by atoms with Gasteiger partial charge in [-0.25, -0.2) is 0 Å². The van der Waals surface area contributed by atoms with Gasteiger partial charge in [0.2, 0.25) is 0 Å². The topological polar surface area (TPSA) is 92.8 Å². The van der Waals surface area contributed by atoms with E-state index in [4.69, 9.17) is 15.6 Å². The molecule has 0 aliphatic rings. The van der Waals surface area contributed by atoms with E-state index in [0.717, 1.165) is 12.7 Å². The van der Waals surface area contributed by atoms with Gasteiger partial charge in [0.1, 0.15) is 17.5 Å². The van der Waals surface area contributed by atoms with Crippen LogP contribution in [0.4, 0.5) is 0 Å². The number of carboxylic acid groups (broad SMARTS) is 1. The Labute approximate surface area is 202 Å². The van der Waals surface area contributed by atoms with Crippen LogP contribution >= 0.6 is 67.8 Å². The summed E-state index contributed by atoms with van der Waals surface area (Å²) in [7, 11) is 0. The van der Waals surface area contributed by atoms with Crippen molar-refractivity contribution in [2.45, 2.75) is 12.5 Å². The molecule has 0 saturated carbocycles. The molecule has 0 spiro atoms. The predicted octanol–water partition coefficient (Wildman–Crippen LogP) is 3.57. The van der Waals surface area contributed by atoms with E-state index in [0.29, 0.717) is 15.1 Å². The van der Waals surface area contributed by atoms with E-state index in [1.807, 2.05) is 34.7 Å². The second-order valence-corrected chi connectivity index (χ2v) is 8.24. The van der Waals surface area contributed by atoms with Crippen molar-refractivity contribution < 1.29 is 19.7 Å². The third kappa shape index (κ3) is 6.13. The molecule has 2 aromatic carbocycles. The van der Waals surface area contributed by atoms with Crippen molar-refractivity contribution in [1.82, 2.24) is 0 Å². The molecule has 2 aromatic rings. The Balaban J connectivity index is 0.00000288. The number of carbonyl (C=O) groups is 1. The number of phenolic OH excluding ortho intramolecular Hbond substituents is 1. The number of halogens is 3. The van der Waals surface area contributed by atoms with Crippen molar-refractivity contribution in [2.75, 3.05) is 0 Å². The standard InChI is InChI=1S/C15H12I3NO4.Na/c16-9-6-8(1-2-13(9)20)23-14-10(17)3-7(4-11(14)18)5-12(19)15(21)22;/h1-4,6,12,20H,5,19H2,(H,21,22);. The molecule has 123 valence electrons. The molecule has 4 N–H and O–H groups in total. The summed E-state index contributed by atoms with van der Waals surface area (Å²) in [5.74, 6) is 0.507. The average Bonchev–Trinajstić information content (AvgIpc) is 2.46. The largest absolute Gasteiger partial charge is 0.507 e. The quantitative estimate of drug-likeness (QED) is 0.334. The number of benzene rings is 2. The van der Waals surface area contributed by atoms with E-state index >= 15 is 0 Å². The minimum atomic E-state index is -1.02. The van der Waals surface area contributed by atoms with E-state index in [9.17, 15) is 9.90 Å². The minimum Gasteiger partial charge on any atom is -0.507 e. The van der Waals surface area contributed by atoms with E-state index < -0.39 is 12.0 Å². The fourth-order valence-electron chi connectivity index (χ4n) is 1.84. The molecule has 9 heteroatoms. The van der Waals surface area contributed by atoms with Crippen LogP contribution in [0.15, 0.2) is 30.3 Å². The number of rotatable bonds is 5. The number of nitrogens with two attached hydrogens (primary N) is 1. The molecule has 0 aliphatic heterocycles. The second-order valence-electron chi connectivity index (χ2n) is 4.75. The maximum atomic E-state index is 10.9. The molecule has 0 saturated heterocycles. The van der Waals surface area contributed by atoms with Gasteiger partial charge < -0.3 is 20.7 Å². The third-order valence-electron chi connectivity index (χ3n) is 2.97. The van der Waals surface area contributed by atoms with Crippen LogP contribution in [0.2, 0.25) is 0 Å². The van der Waals surface area contributed by atoms with Gasteiger partial charge in [0.25, 0.3) is 0 Å². The van der Waals surface area contributed by atoms with Crippen LogP contribution < -0.4 is 10.5 Å². The molecule has 0 fully saturated rings. The maximum absolute atomic E-state index is 10.9. The fourth-order valence-corrected chi connectivity index (χ4v) is 4.44. The van der Waals surface area contributed by atoms with Crippen molar-refractivity contribution in [3.05, 3.63) is 46.6 Å². The van der Waals surface area contributed by atoms with Gasteiger partial charge in [0.05, 0.1) is 10.7 Å². The summed E-state index contributed by atoms with van der Waals surface area (Å²) in [5, 5.41) is 18.5. The van der Waals surface area contributed by atoms with E-state index in [-0.39, 0.29) is 41.7 Å². The zero-order valence-corrected chi connectivity index (χ0v) is 21.1. The summed E-state index contributed by atoms with van der Waals surface area (Å²) in [6.07, 6.45) is 0.263. The zero-order valence-electron chi connectivity index (χ0n) is 12.6. The van der Waals surface area contributed by atoms with Crippen LogP contribution in [0.5, 0.6) is 17.2 Å². The van der Waals surface area contributed by atoms with Gasteiger partial charge in [0.15, 0.2) is 5.75 Å². The summed E-state index contributed by atoms with van der Waals surface area (Å²) in [6.45, 7) is 0. The third-order valence-corrected chi connectivity index (χ3v) is 5.44. The predicted molar refractivity (Wildman–Crippen MR) is 118 cm³/mol. The number of hydrogen-bond donors (Lipinski definition) is 3. The number of aromatic hydroxyl groups is 1. The first-order valence-electron chi connectivity index (χ1n) is 6.40. The molecule has 1 radical (unpaired) electrons.